The lowest BCUT2D eigenvalue weighted by atomic mass is 10.2. The first-order valence-corrected chi connectivity index (χ1v) is 5.32. The maximum atomic E-state index is 6.00. The van der Waals surface area contributed by atoms with E-state index in [1.807, 2.05) is 37.3 Å². The summed E-state index contributed by atoms with van der Waals surface area (Å²) in [6.45, 7) is 1.97. The van der Waals surface area contributed by atoms with Crippen LogP contribution in [-0.4, -0.2) is 0 Å². The molecule has 0 heterocycles. The lowest BCUT2D eigenvalue weighted by Crippen LogP contribution is -1.90. The minimum absolute atomic E-state index is 0.586. The summed E-state index contributed by atoms with van der Waals surface area (Å²) in [5.74, 6) is 1.33. The number of rotatable bonds is 2. The first-order valence-electron chi connectivity index (χ1n) is 4.95. The average Bonchev–Trinajstić information content (AvgIpc) is 2.20. The SMILES string of the molecule is Cc1cc(N)cc(Oc2ccccc2Cl)c1. The molecule has 82 valence electrons. The van der Waals surface area contributed by atoms with Crippen molar-refractivity contribution in [2.24, 2.45) is 0 Å². The molecule has 2 N–H and O–H groups in total. The van der Waals surface area contributed by atoms with Gasteiger partial charge in [0.2, 0.25) is 0 Å². The third-order valence-corrected chi connectivity index (χ3v) is 2.45. The second-order valence-corrected chi connectivity index (χ2v) is 4.02. The molecular formula is C13H12ClNO. The molecule has 2 rings (SSSR count). The molecule has 0 aliphatic heterocycles. The van der Waals surface area contributed by atoms with Gasteiger partial charge in [0.25, 0.3) is 0 Å². The zero-order chi connectivity index (χ0) is 11.5. The molecule has 0 unspecified atom stereocenters. The number of aryl methyl sites for hydroxylation is 1. The first kappa shape index (κ1) is 10.8. The summed E-state index contributed by atoms with van der Waals surface area (Å²) in [6.07, 6.45) is 0. The normalized spacial score (nSPS) is 10.1. The smallest absolute Gasteiger partial charge is 0.146 e. The van der Waals surface area contributed by atoms with E-state index in [4.69, 9.17) is 22.1 Å². The Labute approximate surface area is 99.6 Å². The summed E-state index contributed by atoms with van der Waals surface area (Å²) in [6, 6.07) is 12.9. The summed E-state index contributed by atoms with van der Waals surface area (Å²) in [7, 11) is 0. The van der Waals surface area contributed by atoms with Crippen LogP contribution >= 0.6 is 11.6 Å². The van der Waals surface area contributed by atoms with Crippen LogP contribution in [0.2, 0.25) is 5.02 Å². The minimum Gasteiger partial charge on any atom is -0.456 e. The van der Waals surface area contributed by atoms with Gasteiger partial charge in [0.1, 0.15) is 11.5 Å². The van der Waals surface area contributed by atoms with Gasteiger partial charge in [0, 0.05) is 11.8 Å². The highest BCUT2D eigenvalue weighted by Gasteiger charge is 2.02. The van der Waals surface area contributed by atoms with Gasteiger partial charge in [-0.3, -0.25) is 0 Å². The predicted octanol–water partition coefficient (Wildman–Crippen LogP) is 4.02. The standard InChI is InChI=1S/C13H12ClNO/c1-9-6-10(15)8-11(7-9)16-13-5-3-2-4-12(13)14/h2-8H,15H2,1H3. The highest BCUT2D eigenvalue weighted by atomic mass is 35.5. The number of hydrogen-bond donors (Lipinski definition) is 1. The van der Waals surface area contributed by atoms with Crippen LogP contribution in [0.5, 0.6) is 11.5 Å². The van der Waals surface area contributed by atoms with Gasteiger partial charge in [-0.1, -0.05) is 23.7 Å². The van der Waals surface area contributed by atoms with E-state index in [1.165, 1.54) is 0 Å². The van der Waals surface area contributed by atoms with Crippen molar-refractivity contribution in [2.45, 2.75) is 6.92 Å². The highest BCUT2D eigenvalue weighted by molar-refractivity contribution is 6.32. The number of hydrogen-bond acceptors (Lipinski definition) is 2. The third kappa shape index (κ3) is 2.47. The first-order chi connectivity index (χ1) is 7.65. The van der Waals surface area contributed by atoms with E-state index in [2.05, 4.69) is 0 Å². The number of para-hydroxylation sites is 1. The van der Waals surface area contributed by atoms with Gasteiger partial charge >= 0.3 is 0 Å². The molecular weight excluding hydrogens is 222 g/mol. The average molecular weight is 234 g/mol. The van der Waals surface area contributed by atoms with E-state index in [0.29, 0.717) is 22.2 Å². The molecule has 0 aliphatic rings. The summed E-state index contributed by atoms with van der Waals surface area (Å²) >= 11 is 6.00. The summed E-state index contributed by atoms with van der Waals surface area (Å²) in [5.41, 5.74) is 7.48. The molecule has 0 fully saturated rings. The van der Waals surface area contributed by atoms with E-state index in [9.17, 15) is 0 Å². The second-order valence-electron chi connectivity index (χ2n) is 3.61. The van der Waals surface area contributed by atoms with Gasteiger partial charge in [0.05, 0.1) is 5.02 Å². The highest BCUT2D eigenvalue weighted by Crippen LogP contribution is 2.30. The van der Waals surface area contributed by atoms with Crippen molar-refractivity contribution >= 4 is 17.3 Å². The fourth-order valence-electron chi connectivity index (χ4n) is 1.49. The molecule has 2 aromatic carbocycles. The molecule has 0 radical (unpaired) electrons. The fraction of sp³-hybridized carbons (Fsp3) is 0.0769. The van der Waals surface area contributed by atoms with Gasteiger partial charge < -0.3 is 10.5 Å². The second kappa shape index (κ2) is 4.45. The number of anilines is 1. The molecule has 3 heteroatoms. The number of ether oxygens (including phenoxy) is 1. The van der Waals surface area contributed by atoms with Crippen LogP contribution in [0.25, 0.3) is 0 Å². The summed E-state index contributed by atoms with van der Waals surface area (Å²) in [5, 5.41) is 0.586. The molecule has 0 spiro atoms. The van der Waals surface area contributed by atoms with Crippen molar-refractivity contribution in [1.29, 1.82) is 0 Å². The maximum absolute atomic E-state index is 6.00. The third-order valence-electron chi connectivity index (χ3n) is 2.14. The van der Waals surface area contributed by atoms with Crippen LogP contribution in [0.15, 0.2) is 42.5 Å². The largest absolute Gasteiger partial charge is 0.456 e. The molecule has 16 heavy (non-hydrogen) atoms. The maximum Gasteiger partial charge on any atom is 0.146 e. The van der Waals surface area contributed by atoms with E-state index in [0.717, 1.165) is 5.56 Å². The van der Waals surface area contributed by atoms with Gasteiger partial charge in [-0.25, -0.2) is 0 Å². The molecule has 0 atom stereocenters. The Morgan fingerprint density at radius 2 is 1.88 bits per heavy atom. The molecule has 0 bridgehead atoms. The zero-order valence-corrected chi connectivity index (χ0v) is 9.66. The van der Waals surface area contributed by atoms with Crippen molar-refractivity contribution in [3.63, 3.8) is 0 Å². The predicted molar refractivity (Wildman–Crippen MR) is 67.1 cm³/mol. The van der Waals surface area contributed by atoms with Crippen LogP contribution in [0.1, 0.15) is 5.56 Å². The van der Waals surface area contributed by atoms with Gasteiger partial charge in [-0.2, -0.15) is 0 Å². The molecule has 0 amide bonds. The number of nitrogen functional groups attached to an aromatic ring is 1. The topological polar surface area (TPSA) is 35.2 Å². The molecule has 2 nitrogen and oxygen atoms in total. The molecule has 0 aromatic heterocycles. The van der Waals surface area contributed by atoms with Crippen molar-refractivity contribution < 1.29 is 4.74 Å². The summed E-state index contributed by atoms with van der Waals surface area (Å²) in [4.78, 5) is 0. The van der Waals surface area contributed by atoms with Crippen LogP contribution in [0.4, 0.5) is 5.69 Å². The Hall–Kier alpha value is -1.67. The minimum atomic E-state index is 0.586. The van der Waals surface area contributed by atoms with Crippen molar-refractivity contribution in [3.05, 3.63) is 53.1 Å². The Morgan fingerprint density at radius 1 is 1.12 bits per heavy atom. The number of nitrogens with two attached hydrogens (primary N) is 1. The van der Waals surface area contributed by atoms with Crippen LogP contribution in [-0.2, 0) is 0 Å². The number of halogens is 1. The van der Waals surface area contributed by atoms with Crippen molar-refractivity contribution in [3.8, 4) is 11.5 Å². The quantitative estimate of drug-likeness (QED) is 0.795. The van der Waals surface area contributed by atoms with E-state index in [-0.39, 0.29) is 0 Å². The Kier molecular flexibility index (Phi) is 3.02. The molecule has 2 aromatic rings. The van der Waals surface area contributed by atoms with E-state index < -0.39 is 0 Å². The van der Waals surface area contributed by atoms with Crippen molar-refractivity contribution in [2.75, 3.05) is 5.73 Å². The number of benzene rings is 2. The van der Waals surface area contributed by atoms with Crippen molar-refractivity contribution in [1.82, 2.24) is 0 Å². The lowest BCUT2D eigenvalue weighted by molar-refractivity contribution is 0.483. The Bertz CT molecular complexity index is 491. The van der Waals surface area contributed by atoms with Crippen LogP contribution in [0, 0.1) is 6.92 Å². The Morgan fingerprint density at radius 3 is 2.56 bits per heavy atom. The van der Waals surface area contributed by atoms with Gasteiger partial charge in [-0.15, -0.1) is 0 Å². The zero-order valence-electron chi connectivity index (χ0n) is 8.91. The van der Waals surface area contributed by atoms with E-state index in [1.54, 1.807) is 12.1 Å². The van der Waals surface area contributed by atoms with Gasteiger partial charge in [-0.05, 0) is 36.8 Å². The summed E-state index contributed by atoms with van der Waals surface area (Å²) < 4.78 is 5.66. The molecule has 0 aliphatic carbocycles. The van der Waals surface area contributed by atoms with Crippen LogP contribution < -0.4 is 10.5 Å². The fourth-order valence-corrected chi connectivity index (χ4v) is 1.66. The molecule has 0 saturated heterocycles. The monoisotopic (exact) mass is 233 g/mol. The molecule has 0 saturated carbocycles. The van der Waals surface area contributed by atoms with Gasteiger partial charge in [0.15, 0.2) is 0 Å². The van der Waals surface area contributed by atoms with Crippen LogP contribution in [0.3, 0.4) is 0 Å². The van der Waals surface area contributed by atoms with E-state index >= 15 is 0 Å². The lowest BCUT2D eigenvalue weighted by Gasteiger charge is -2.08. The Balaban J connectivity index is 2.30.